The third-order valence-electron chi connectivity index (χ3n) is 6.45. The maximum Gasteiger partial charge on any atom is 0.235 e. The normalized spacial score (nSPS) is 38.3. The molecule has 0 unspecified atom stereocenters. The number of imide groups is 1. The van der Waals surface area contributed by atoms with Crippen LogP contribution in [0.4, 0.5) is 5.69 Å². The highest BCUT2D eigenvalue weighted by Gasteiger charge is 2.66. The van der Waals surface area contributed by atoms with Gasteiger partial charge in [0.2, 0.25) is 11.8 Å². The molecule has 24 heavy (non-hydrogen) atoms. The minimum atomic E-state index is -0.126. The fraction of sp³-hybridized carbons (Fsp3) is 0.474. The van der Waals surface area contributed by atoms with E-state index in [1.165, 1.54) is 11.3 Å². The zero-order valence-electron chi connectivity index (χ0n) is 13.4. The monoisotopic (exact) mass is 342 g/mol. The minimum absolute atomic E-state index is 0.00174. The molecule has 1 heterocycles. The lowest BCUT2D eigenvalue weighted by atomic mass is 9.63. The third-order valence-corrected chi connectivity index (χ3v) is 6.86. The Balaban J connectivity index is 1.38. The highest BCUT2D eigenvalue weighted by atomic mass is 35.5. The number of likely N-dealkylation sites (tertiary alicyclic amines) is 1. The van der Waals surface area contributed by atoms with Crippen molar-refractivity contribution in [3.63, 3.8) is 0 Å². The molecule has 1 aliphatic heterocycles. The average molecular weight is 343 g/mol. The van der Waals surface area contributed by atoms with Crippen molar-refractivity contribution >= 4 is 29.1 Å². The van der Waals surface area contributed by atoms with Crippen molar-refractivity contribution in [1.82, 2.24) is 4.90 Å². The Hall–Kier alpha value is -1.81. The molecule has 4 nitrogen and oxygen atoms in total. The van der Waals surface area contributed by atoms with Gasteiger partial charge in [-0.2, -0.15) is 0 Å². The summed E-state index contributed by atoms with van der Waals surface area (Å²) in [5.41, 5.74) is 1.79. The number of halogens is 1. The maximum atomic E-state index is 12.9. The molecule has 0 radical (unpaired) electrons. The molecular weight excluding hydrogens is 324 g/mol. The van der Waals surface area contributed by atoms with Gasteiger partial charge in [0.1, 0.15) is 0 Å². The number of nitrogens with one attached hydrogen (secondary N) is 1. The Labute approximate surface area is 145 Å². The zero-order chi connectivity index (χ0) is 16.6. The van der Waals surface area contributed by atoms with E-state index in [-0.39, 0.29) is 42.2 Å². The Morgan fingerprint density at radius 3 is 2.38 bits per heavy atom. The molecule has 5 aliphatic rings. The van der Waals surface area contributed by atoms with Crippen LogP contribution in [-0.4, -0.2) is 23.4 Å². The second-order valence-electron chi connectivity index (χ2n) is 7.51. The van der Waals surface area contributed by atoms with E-state index in [9.17, 15) is 9.59 Å². The molecule has 1 aromatic rings. The Bertz CT molecular complexity index is 754. The topological polar surface area (TPSA) is 49.4 Å². The van der Waals surface area contributed by atoms with Gasteiger partial charge in [-0.15, -0.1) is 0 Å². The van der Waals surface area contributed by atoms with Gasteiger partial charge in [-0.05, 0) is 54.7 Å². The molecule has 0 aromatic heterocycles. The Morgan fingerprint density at radius 2 is 1.75 bits per heavy atom. The second-order valence-corrected chi connectivity index (χ2v) is 7.91. The molecule has 1 N–H and O–H groups in total. The predicted octanol–water partition coefficient (Wildman–Crippen LogP) is 3.07. The standard InChI is InChI=1S/C19H19ClN2O2/c1-9-14(20)3-2-4-15(9)21-8-22-18(23)16-10-5-6-11(13-7-12(10)13)17(16)19(22)24/h2-6,10-13,16-17,21H,7-8H2,1H3/t10-,11-,12+,13+,16-,17+/m1/s1. The first kappa shape index (κ1) is 14.5. The summed E-state index contributed by atoms with van der Waals surface area (Å²) in [6.07, 6.45) is 5.59. The van der Waals surface area contributed by atoms with Crippen LogP contribution < -0.4 is 5.32 Å². The quantitative estimate of drug-likeness (QED) is 0.678. The number of rotatable bonds is 3. The van der Waals surface area contributed by atoms with Crippen LogP contribution in [0.3, 0.4) is 0 Å². The number of allylic oxidation sites excluding steroid dienone is 2. The van der Waals surface area contributed by atoms with Gasteiger partial charge < -0.3 is 5.32 Å². The fourth-order valence-electron chi connectivity index (χ4n) is 5.14. The van der Waals surface area contributed by atoms with Gasteiger partial charge in [-0.25, -0.2) is 0 Å². The number of nitrogens with zero attached hydrogens (tertiary/aromatic N) is 1. The van der Waals surface area contributed by atoms with Crippen molar-refractivity contribution in [3.05, 3.63) is 40.9 Å². The average Bonchev–Trinajstić information content (AvgIpc) is 3.35. The van der Waals surface area contributed by atoms with E-state index in [4.69, 9.17) is 11.6 Å². The molecule has 1 saturated heterocycles. The fourth-order valence-corrected chi connectivity index (χ4v) is 5.31. The summed E-state index contributed by atoms with van der Waals surface area (Å²) in [4.78, 5) is 27.2. The molecule has 4 aliphatic carbocycles. The lowest BCUT2D eigenvalue weighted by molar-refractivity contribution is -0.139. The molecule has 0 spiro atoms. The summed E-state index contributed by atoms with van der Waals surface area (Å²) in [6.45, 7) is 2.15. The Morgan fingerprint density at radius 1 is 1.12 bits per heavy atom. The van der Waals surface area contributed by atoms with Crippen LogP contribution in [0.5, 0.6) is 0 Å². The summed E-state index contributed by atoms with van der Waals surface area (Å²) >= 11 is 6.14. The van der Waals surface area contributed by atoms with E-state index in [0.29, 0.717) is 16.9 Å². The molecule has 2 bridgehead atoms. The molecule has 124 valence electrons. The van der Waals surface area contributed by atoms with Crippen LogP contribution >= 0.6 is 11.6 Å². The van der Waals surface area contributed by atoms with Crippen LogP contribution in [-0.2, 0) is 9.59 Å². The van der Waals surface area contributed by atoms with Crippen molar-refractivity contribution in [1.29, 1.82) is 0 Å². The van der Waals surface area contributed by atoms with Crippen molar-refractivity contribution < 1.29 is 9.59 Å². The van der Waals surface area contributed by atoms with Gasteiger partial charge in [0.15, 0.2) is 0 Å². The van der Waals surface area contributed by atoms with Crippen LogP contribution in [0.2, 0.25) is 5.02 Å². The number of benzene rings is 1. The van der Waals surface area contributed by atoms with E-state index in [2.05, 4.69) is 17.5 Å². The molecular formula is C19H19ClN2O2. The number of hydrogen-bond donors (Lipinski definition) is 1. The molecule has 6 atom stereocenters. The van der Waals surface area contributed by atoms with Crippen LogP contribution in [0.1, 0.15) is 12.0 Å². The van der Waals surface area contributed by atoms with E-state index >= 15 is 0 Å². The predicted molar refractivity (Wildman–Crippen MR) is 91.2 cm³/mol. The summed E-state index contributed by atoms with van der Waals surface area (Å²) in [7, 11) is 0. The Kier molecular flexibility index (Phi) is 2.94. The first-order chi connectivity index (χ1) is 11.6. The lowest BCUT2D eigenvalue weighted by Gasteiger charge is -2.37. The van der Waals surface area contributed by atoms with Crippen LogP contribution in [0.25, 0.3) is 0 Å². The zero-order valence-corrected chi connectivity index (χ0v) is 14.2. The molecule has 2 saturated carbocycles. The number of anilines is 1. The van der Waals surface area contributed by atoms with Crippen molar-refractivity contribution in [2.45, 2.75) is 13.3 Å². The summed E-state index contributed by atoms with van der Waals surface area (Å²) in [5.74, 6) is 1.58. The van der Waals surface area contributed by atoms with Gasteiger partial charge in [-0.3, -0.25) is 14.5 Å². The highest BCUT2D eigenvalue weighted by molar-refractivity contribution is 6.31. The molecule has 2 amide bonds. The van der Waals surface area contributed by atoms with E-state index in [1.54, 1.807) is 0 Å². The smallest absolute Gasteiger partial charge is 0.235 e. The SMILES string of the molecule is Cc1c(Cl)cccc1NCN1C(=O)[C@@H]2[C@@H]3C=C[C@H]([C@@H]4C[C@@H]34)[C@@H]2C1=O. The lowest BCUT2D eigenvalue weighted by Crippen LogP contribution is -2.40. The second kappa shape index (κ2) is 4.85. The number of carbonyl (C=O) groups excluding carboxylic acids is 2. The van der Waals surface area contributed by atoms with Gasteiger partial charge in [0.25, 0.3) is 0 Å². The maximum absolute atomic E-state index is 12.9. The van der Waals surface area contributed by atoms with Gasteiger partial charge in [-0.1, -0.05) is 29.8 Å². The number of carbonyl (C=O) groups is 2. The third kappa shape index (κ3) is 1.80. The summed E-state index contributed by atoms with van der Waals surface area (Å²) in [6, 6.07) is 5.61. The number of hydrogen-bond acceptors (Lipinski definition) is 3. The molecule has 6 rings (SSSR count). The van der Waals surface area contributed by atoms with Crippen molar-refractivity contribution in [2.24, 2.45) is 35.5 Å². The van der Waals surface area contributed by atoms with Crippen molar-refractivity contribution in [3.8, 4) is 0 Å². The molecule has 3 fully saturated rings. The van der Waals surface area contributed by atoms with Gasteiger partial charge in [0, 0.05) is 10.7 Å². The highest BCUT2D eigenvalue weighted by Crippen LogP contribution is 2.65. The van der Waals surface area contributed by atoms with E-state index in [1.807, 2.05) is 25.1 Å². The van der Waals surface area contributed by atoms with Crippen LogP contribution in [0.15, 0.2) is 30.4 Å². The largest absolute Gasteiger partial charge is 0.367 e. The van der Waals surface area contributed by atoms with Crippen molar-refractivity contribution in [2.75, 3.05) is 12.0 Å². The minimum Gasteiger partial charge on any atom is -0.367 e. The van der Waals surface area contributed by atoms with Gasteiger partial charge >= 0.3 is 0 Å². The summed E-state index contributed by atoms with van der Waals surface area (Å²) < 4.78 is 0. The first-order valence-electron chi connectivity index (χ1n) is 8.60. The molecule has 5 heteroatoms. The number of amides is 2. The molecule has 1 aromatic carbocycles. The summed E-state index contributed by atoms with van der Waals surface area (Å²) in [5, 5.41) is 3.89. The van der Waals surface area contributed by atoms with Crippen LogP contribution in [0, 0.1) is 42.4 Å². The van der Waals surface area contributed by atoms with Gasteiger partial charge in [0.05, 0.1) is 18.5 Å². The first-order valence-corrected chi connectivity index (χ1v) is 8.98. The van der Waals surface area contributed by atoms with E-state index < -0.39 is 0 Å². The van der Waals surface area contributed by atoms with E-state index in [0.717, 1.165) is 11.3 Å².